The number of H-pyrrole nitrogens is 1. The Hall–Kier alpha value is -2.95. The summed E-state index contributed by atoms with van der Waals surface area (Å²) in [7, 11) is 0. The Morgan fingerprint density at radius 2 is 1.86 bits per heavy atom. The highest BCUT2D eigenvalue weighted by atomic mass is 16.2. The van der Waals surface area contributed by atoms with Crippen LogP contribution in [0.1, 0.15) is 29.0 Å². The maximum atomic E-state index is 12.1. The molecule has 0 aliphatic rings. The molecule has 3 rings (SSSR count). The number of aromatic amines is 1. The molecule has 0 aliphatic carbocycles. The maximum absolute atomic E-state index is 12.1. The standard InChI is InChI=1S/C17H15N3O2/c1-11(18-17(22)15-8-9-16(21)20-19-15)13-7-6-12-4-2-3-5-14(12)10-13/h2-11H,1H3,(H,18,22)(H,20,21)/t11-/m1/s1. The van der Waals surface area contributed by atoms with Crippen LogP contribution in [0.2, 0.25) is 0 Å². The van der Waals surface area contributed by atoms with Gasteiger partial charge in [0.2, 0.25) is 0 Å². The minimum atomic E-state index is -0.334. The lowest BCUT2D eigenvalue weighted by Gasteiger charge is -2.14. The molecule has 22 heavy (non-hydrogen) atoms. The first-order chi connectivity index (χ1) is 10.6. The highest BCUT2D eigenvalue weighted by Gasteiger charge is 2.13. The molecule has 0 saturated carbocycles. The average molecular weight is 293 g/mol. The number of nitrogens with one attached hydrogen (secondary N) is 2. The van der Waals surface area contributed by atoms with Crippen LogP contribution in [0.3, 0.4) is 0 Å². The molecule has 5 heteroatoms. The number of nitrogens with zero attached hydrogens (tertiary/aromatic N) is 1. The van der Waals surface area contributed by atoms with E-state index in [0.29, 0.717) is 0 Å². The van der Waals surface area contributed by atoms with Crippen LogP contribution in [0.5, 0.6) is 0 Å². The van der Waals surface area contributed by atoms with Crippen molar-refractivity contribution in [3.8, 4) is 0 Å². The predicted molar refractivity (Wildman–Crippen MR) is 84.7 cm³/mol. The molecule has 1 heterocycles. The van der Waals surface area contributed by atoms with Crippen molar-refractivity contribution < 1.29 is 4.79 Å². The number of aromatic nitrogens is 2. The van der Waals surface area contributed by atoms with Crippen LogP contribution < -0.4 is 10.9 Å². The van der Waals surface area contributed by atoms with Crippen LogP contribution in [0.25, 0.3) is 10.8 Å². The number of benzene rings is 2. The van der Waals surface area contributed by atoms with Gasteiger partial charge in [-0.15, -0.1) is 0 Å². The number of hydrogen-bond acceptors (Lipinski definition) is 3. The van der Waals surface area contributed by atoms with Crippen LogP contribution in [-0.4, -0.2) is 16.1 Å². The van der Waals surface area contributed by atoms with Crippen molar-refractivity contribution in [1.29, 1.82) is 0 Å². The Morgan fingerprint density at radius 3 is 2.59 bits per heavy atom. The molecule has 0 fully saturated rings. The third-order valence-electron chi connectivity index (χ3n) is 3.53. The highest BCUT2D eigenvalue weighted by Crippen LogP contribution is 2.20. The van der Waals surface area contributed by atoms with Gasteiger partial charge in [0.25, 0.3) is 11.5 Å². The number of carbonyl (C=O) groups is 1. The molecule has 1 atom stereocenters. The summed E-state index contributed by atoms with van der Waals surface area (Å²) in [5.74, 6) is -0.322. The van der Waals surface area contributed by atoms with E-state index in [2.05, 4.69) is 21.6 Å². The average Bonchev–Trinajstić information content (AvgIpc) is 2.55. The minimum absolute atomic E-state index is 0.161. The van der Waals surface area contributed by atoms with E-state index in [-0.39, 0.29) is 23.2 Å². The Bertz CT molecular complexity index is 866. The number of rotatable bonds is 3. The quantitative estimate of drug-likeness (QED) is 0.778. The number of carbonyl (C=O) groups excluding carboxylic acids is 1. The van der Waals surface area contributed by atoms with Crippen molar-refractivity contribution in [3.63, 3.8) is 0 Å². The lowest BCUT2D eigenvalue weighted by molar-refractivity contribution is 0.0933. The zero-order valence-electron chi connectivity index (χ0n) is 12.0. The van der Waals surface area contributed by atoms with E-state index < -0.39 is 0 Å². The summed E-state index contributed by atoms with van der Waals surface area (Å²) in [5, 5.41) is 11.1. The monoisotopic (exact) mass is 293 g/mol. The lowest BCUT2D eigenvalue weighted by Crippen LogP contribution is -2.28. The molecule has 0 unspecified atom stereocenters. The van der Waals surface area contributed by atoms with E-state index in [0.717, 1.165) is 16.3 Å². The van der Waals surface area contributed by atoms with Gasteiger partial charge in [-0.05, 0) is 35.4 Å². The van der Waals surface area contributed by atoms with Crippen molar-refractivity contribution in [2.75, 3.05) is 0 Å². The van der Waals surface area contributed by atoms with Gasteiger partial charge in [0, 0.05) is 6.07 Å². The van der Waals surface area contributed by atoms with E-state index in [9.17, 15) is 9.59 Å². The van der Waals surface area contributed by atoms with Gasteiger partial charge in [-0.3, -0.25) is 9.59 Å². The zero-order chi connectivity index (χ0) is 15.5. The van der Waals surface area contributed by atoms with E-state index >= 15 is 0 Å². The Balaban J connectivity index is 1.80. The molecule has 2 aromatic carbocycles. The van der Waals surface area contributed by atoms with Crippen LogP contribution in [-0.2, 0) is 0 Å². The van der Waals surface area contributed by atoms with Crippen molar-refractivity contribution in [1.82, 2.24) is 15.5 Å². The van der Waals surface area contributed by atoms with E-state index in [1.807, 2.05) is 43.3 Å². The fraction of sp³-hybridized carbons (Fsp3) is 0.118. The molecular weight excluding hydrogens is 278 g/mol. The zero-order valence-corrected chi connectivity index (χ0v) is 12.0. The van der Waals surface area contributed by atoms with Gasteiger partial charge >= 0.3 is 0 Å². The van der Waals surface area contributed by atoms with E-state index in [4.69, 9.17) is 0 Å². The lowest BCUT2D eigenvalue weighted by atomic mass is 10.0. The van der Waals surface area contributed by atoms with Gasteiger partial charge in [0.1, 0.15) is 5.69 Å². The summed E-state index contributed by atoms with van der Waals surface area (Å²) >= 11 is 0. The van der Waals surface area contributed by atoms with E-state index in [1.165, 1.54) is 12.1 Å². The van der Waals surface area contributed by atoms with Gasteiger partial charge < -0.3 is 5.32 Å². The van der Waals surface area contributed by atoms with Gasteiger partial charge in [-0.2, -0.15) is 5.10 Å². The van der Waals surface area contributed by atoms with Gasteiger partial charge in [0.05, 0.1) is 6.04 Å². The summed E-state index contributed by atoms with van der Waals surface area (Å²) in [5.41, 5.74) is 0.864. The second-order valence-electron chi connectivity index (χ2n) is 5.11. The third kappa shape index (κ3) is 2.88. The Morgan fingerprint density at radius 1 is 1.09 bits per heavy atom. The fourth-order valence-electron chi connectivity index (χ4n) is 2.30. The summed E-state index contributed by atoms with van der Waals surface area (Å²) in [6, 6.07) is 16.7. The molecule has 2 N–H and O–H groups in total. The first-order valence-electron chi connectivity index (χ1n) is 6.99. The highest BCUT2D eigenvalue weighted by molar-refractivity contribution is 5.92. The smallest absolute Gasteiger partial charge is 0.272 e. The summed E-state index contributed by atoms with van der Waals surface area (Å²) in [4.78, 5) is 23.1. The van der Waals surface area contributed by atoms with Crippen molar-refractivity contribution in [2.45, 2.75) is 13.0 Å². The largest absolute Gasteiger partial charge is 0.344 e. The normalized spacial score (nSPS) is 12.0. The molecule has 0 saturated heterocycles. The van der Waals surface area contributed by atoms with Gasteiger partial charge in [0.15, 0.2) is 0 Å². The minimum Gasteiger partial charge on any atom is -0.344 e. The molecule has 0 spiro atoms. The summed E-state index contributed by atoms with van der Waals surface area (Å²) in [6.45, 7) is 1.91. The van der Waals surface area contributed by atoms with Crippen LogP contribution in [0, 0.1) is 0 Å². The molecule has 1 aromatic heterocycles. The second-order valence-corrected chi connectivity index (χ2v) is 5.11. The molecule has 0 aliphatic heterocycles. The summed E-state index contributed by atoms with van der Waals surface area (Å²) in [6.07, 6.45) is 0. The number of amides is 1. The number of hydrogen-bond donors (Lipinski definition) is 2. The molecule has 0 bridgehead atoms. The Labute approximate surface area is 127 Å². The first-order valence-corrected chi connectivity index (χ1v) is 6.99. The summed E-state index contributed by atoms with van der Waals surface area (Å²) < 4.78 is 0. The van der Waals surface area contributed by atoms with Crippen molar-refractivity contribution in [2.24, 2.45) is 0 Å². The maximum Gasteiger partial charge on any atom is 0.272 e. The fourth-order valence-corrected chi connectivity index (χ4v) is 2.30. The van der Waals surface area contributed by atoms with Gasteiger partial charge in [-0.25, -0.2) is 5.10 Å². The molecule has 110 valence electrons. The Kier molecular flexibility index (Phi) is 3.70. The van der Waals surface area contributed by atoms with Crippen molar-refractivity contribution in [3.05, 3.63) is 76.2 Å². The molecule has 3 aromatic rings. The molecule has 1 amide bonds. The van der Waals surface area contributed by atoms with Crippen LogP contribution in [0.15, 0.2) is 59.4 Å². The predicted octanol–water partition coefficient (Wildman–Crippen LogP) is 2.41. The van der Waals surface area contributed by atoms with Crippen LogP contribution in [0.4, 0.5) is 0 Å². The third-order valence-corrected chi connectivity index (χ3v) is 3.53. The SMILES string of the molecule is C[C@@H](NC(=O)c1ccc(=O)[nH]n1)c1ccc2ccccc2c1. The van der Waals surface area contributed by atoms with Gasteiger partial charge in [-0.1, -0.05) is 36.4 Å². The molecule has 5 nitrogen and oxygen atoms in total. The second kappa shape index (κ2) is 5.81. The molecule has 0 radical (unpaired) electrons. The van der Waals surface area contributed by atoms with E-state index in [1.54, 1.807) is 0 Å². The number of fused-ring (bicyclic) bond motifs is 1. The topological polar surface area (TPSA) is 74.8 Å². The first kappa shape index (κ1) is 14.0. The van der Waals surface area contributed by atoms with Crippen LogP contribution >= 0.6 is 0 Å². The van der Waals surface area contributed by atoms with Crippen molar-refractivity contribution >= 4 is 16.7 Å². The molecular formula is C17H15N3O2.